The highest BCUT2D eigenvalue weighted by Gasteiger charge is 2.01. The summed E-state index contributed by atoms with van der Waals surface area (Å²) in [5.74, 6) is 0. The summed E-state index contributed by atoms with van der Waals surface area (Å²) in [6.07, 6.45) is 4.00. The molecule has 1 N–H and O–H groups in total. The Bertz CT molecular complexity index is 107. The molecule has 0 atom stereocenters. The molecule has 0 aromatic rings. The third-order valence-corrected chi connectivity index (χ3v) is 2.50. The minimum Gasteiger partial charge on any atom is -0.317 e. The fraction of sp³-hybridized carbons (Fsp3) is 1.00. The van der Waals surface area contributed by atoms with Gasteiger partial charge in [0.05, 0.1) is 0 Å². The van der Waals surface area contributed by atoms with Crippen LogP contribution in [0.5, 0.6) is 0 Å². The molecule has 0 aliphatic heterocycles. The third-order valence-electron chi connectivity index (χ3n) is 2.50. The van der Waals surface area contributed by atoms with Gasteiger partial charge in [-0.2, -0.15) is 0 Å². The monoisotopic (exact) mass is 188 g/mol. The topological polar surface area (TPSA) is 15.3 Å². The average Bonchev–Trinajstić information content (AvgIpc) is 2.10. The van der Waals surface area contributed by atoms with E-state index in [0.29, 0.717) is 6.04 Å². The Kier molecular flexibility index (Phi) is 8.46. The molecule has 0 fully saturated rings. The largest absolute Gasteiger partial charge is 0.317 e. The van der Waals surface area contributed by atoms with Crippen LogP contribution in [0.1, 0.15) is 41.5 Å². The molecular weight excluding hydrogens is 160 g/mol. The van der Waals surface area contributed by atoms with Crippen molar-refractivity contribution >= 4 is 0 Å². The van der Waals surface area contributed by atoms with Gasteiger partial charge in [0, 0.05) is 7.47 Å². The quantitative estimate of drug-likeness (QED) is 0.588. The second-order valence-electron chi connectivity index (χ2n) is 3.99. The van der Waals surface area contributed by atoms with E-state index in [4.69, 9.17) is 0 Å². The van der Waals surface area contributed by atoms with Gasteiger partial charge in [-0.3, -0.25) is 0 Å². The minimum absolute atomic E-state index is 0. The molecule has 0 radical (unpaired) electrons. The maximum Gasteiger partial charge on any atom is 0.00355 e. The van der Waals surface area contributed by atoms with E-state index in [-0.39, 0.29) is 1.43 Å². The first-order chi connectivity index (χ1) is 6.18. The summed E-state index contributed by atoms with van der Waals surface area (Å²) in [6, 6.07) is 0.689. The van der Waals surface area contributed by atoms with Gasteiger partial charge >= 0.3 is 0 Å². The molecule has 0 bridgehead atoms. The first-order valence-corrected chi connectivity index (χ1v) is 5.59. The molecule has 2 nitrogen and oxygen atoms in total. The summed E-state index contributed by atoms with van der Waals surface area (Å²) in [5.41, 5.74) is 0. The van der Waals surface area contributed by atoms with Crippen LogP contribution >= 0.6 is 0 Å². The van der Waals surface area contributed by atoms with Gasteiger partial charge in [0.1, 0.15) is 0 Å². The molecular formula is C11H28N2. The van der Waals surface area contributed by atoms with Crippen molar-refractivity contribution in [1.29, 1.82) is 0 Å². The van der Waals surface area contributed by atoms with Crippen LogP contribution in [0, 0.1) is 0 Å². The highest BCUT2D eigenvalue weighted by atomic mass is 15.1. The van der Waals surface area contributed by atoms with Gasteiger partial charge in [0.25, 0.3) is 0 Å². The first kappa shape index (κ1) is 12.9. The highest BCUT2D eigenvalue weighted by Crippen LogP contribution is 1.99. The summed E-state index contributed by atoms with van der Waals surface area (Å²) in [5, 5.41) is 3.35. The van der Waals surface area contributed by atoms with Crippen LogP contribution in [-0.4, -0.2) is 37.6 Å². The summed E-state index contributed by atoms with van der Waals surface area (Å²) in [6.45, 7) is 10.2. The number of rotatable bonds is 8. The van der Waals surface area contributed by atoms with E-state index in [0.717, 1.165) is 6.54 Å². The standard InChI is InChI=1S/C11H26N2.H2/c1-5-12-9-7-6-8-10-13(4)11(2)3;/h11-12H,5-10H2,1-4H3;1H. The zero-order valence-corrected chi connectivity index (χ0v) is 9.77. The van der Waals surface area contributed by atoms with Crippen LogP contribution in [0.25, 0.3) is 0 Å². The molecule has 0 aromatic heterocycles. The molecule has 82 valence electrons. The average molecular weight is 188 g/mol. The summed E-state index contributed by atoms with van der Waals surface area (Å²) >= 11 is 0. The van der Waals surface area contributed by atoms with Gasteiger partial charge in [0.15, 0.2) is 0 Å². The SMILES string of the molecule is CCNCCCCCN(C)C(C)C.[HH]. The Labute approximate surface area is 85.2 Å². The Balaban J connectivity index is 0. The van der Waals surface area contributed by atoms with Crippen LogP contribution in [0.15, 0.2) is 0 Å². The minimum atomic E-state index is 0. The Hall–Kier alpha value is -0.0800. The number of hydrogen-bond donors (Lipinski definition) is 1. The summed E-state index contributed by atoms with van der Waals surface area (Å²) < 4.78 is 0. The van der Waals surface area contributed by atoms with E-state index in [1.807, 2.05) is 0 Å². The Morgan fingerprint density at radius 1 is 1.23 bits per heavy atom. The van der Waals surface area contributed by atoms with Crippen LogP contribution in [-0.2, 0) is 0 Å². The van der Waals surface area contributed by atoms with Gasteiger partial charge in [0.2, 0.25) is 0 Å². The molecule has 0 aromatic carbocycles. The zero-order valence-electron chi connectivity index (χ0n) is 9.77. The molecule has 13 heavy (non-hydrogen) atoms. The molecule has 0 aliphatic rings. The number of nitrogens with one attached hydrogen (secondary N) is 1. The Morgan fingerprint density at radius 2 is 1.92 bits per heavy atom. The maximum atomic E-state index is 3.35. The van der Waals surface area contributed by atoms with E-state index >= 15 is 0 Å². The number of hydrogen-bond acceptors (Lipinski definition) is 2. The van der Waals surface area contributed by atoms with Crippen molar-refractivity contribution in [2.45, 2.75) is 46.1 Å². The molecule has 2 heteroatoms. The van der Waals surface area contributed by atoms with Crippen molar-refractivity contribution in [3.63, 3.8) is 0 Å². The smallest absolute Gasteiger partial charge is 0.00355 e. The lowest BCUT2D eigenvalue weighted by atomic mass is 10.2. The fourth-order valence-corrected chi connectivity index (χ4v) is 1.22. The van der Waals surface area contributed by atoms with Crippen molar-refractivity contribution < 1.29 is 1.43 Å². The van der Waals surface area contributed by atoms with Crippen molar-refractivity contribution in [2.75, 3.05) is 26.7 Å². The van der Waals surface area contributed by atoms with Crippen LogP contribution in [0.3, 0.4) is 0 Å². The van der Waals surface area contributed by atoms with Gasteiger partial charge in [-0.25, -0.2) is 0 Å². The van der Waals surface area contributed by atoms with E-state index in [2.05, 4.69) is 38.0 Å². The zero-order chi connectivity index (χ0) is 10.1. The van der Waals surface area contributed by atoms with Crippen molar-refractivity contribution in [2.24, 2.45) is 0 Å². The van der Waals surface area contributed by atoms with Crippen LogP contribution < -0.4 is 5.32 Å². The van der Waals surface area contributed by atoms with E-state index in [9.17, 15) is 0 Å². The number of unbranched alkanes of at least 4 members (excludes halogenated alkanes) is 2. The van der Waals surface area contributed by atoms with Gasteiger partial charge in [-0.1, -0.05) is 13.3 Å². The molecule has 0 amide bonds. The normalized spacial score (nSPS) is 11.5. The predicted molar refractivity (Wildman–Crippen MR) is 62.3 cm³/mol. The van der Waals surface area contributed by atoms with E-state index in [1.165, 1.54) is 32.4 Å². The molecule has 0 heterocycles. The molecule has 0 spiro atoms. The number of nitrogens with zero attached hydrogens (tertiary/aromatic N) is 1. The molecule has 0 rings (SSSR count). The molecule has 0 saturated heterocycles. The fourth-order valence-electron chi connectivity index (χ4n) is 1.22. The summed E-state index contributed by atoms with van der Waals surface area (Å²) in [4.78, 5) is 2.41. The van der Waals surface area contributed by atoms with E-state index in [1.54, 1.807) is 0 Å². The van der Waals surface area contributed by atoms with Gasteiger partial charge in [-0.05, 0) is 53.4 Å². The second-order valence-corrected chi connectivity index (χ2v) is 3.99. The van der Waals surface area contributed by atoms with Crippen LogP contribution in [0.4, 0.5) is 0 Å². The predicted octanol–water partition coefficient (Wildman–Crippen LogP) is 2.35. The summed E-state index contributed by atoms with van der Waals surface area (Å²) in [7, 11) is 2.20. The first-order valence-electron chi connectivity index (χ1n) is 5.59. The lowest BCUT2D eigenvalue weighted by Crippen LogP contribution is -2.27. The second kappa shape index (κ2) is 8.52. The van der Waals surface area contributed by atoms with Crippen molar-refractivity contribution in [3.05, 3.63) is 0 Å². The lowest BCUT2D eigenvalue weighted by Gasteiger charge is -2.20. The lowest BCUT2D eigenvalue weighted by molar-refractivity contribution is 0.267. The van der Waals surface area contributed by atoms with Gasteiger partial charge in [-0.15, -0.1) is 0 Å². The van der Waals surface area contributed by atoms with E-state index < -0.39 is 0 Å². The Morgan fingerprint density at radius 3 is 2.46 bits per heavy atom. The van der Waals surface area contributed by atoms with Crippen molar-refractivity contribution in [3.8, 4) is 0 Å². The highest BCUT2D eigenvalue weighted by molar-refractivity contribution is 4.57. The maximum absolute atomic E-state index is 3.35. The molecule has 0 aliphatic carbocycles. The van der Waals surface area contributed by atoms with Crippen molar-refractivity contribution in [1.82, 2.24) is 10.2 Å². The molecule has 0 saturated carbocycles. The van der Waals surface area contributed by atoms with Crippen LogP contribution in [0.2, 0.25) is 0 Å². The third kappa shape index (κ3) is 8.26. The molecule has 0 unspecified atom stereocenters. The van der Waals surface area contributed by atoms with Gasteiger partial charge < -0.3 is 10.2 Å².